The molecule has 0 aliphatic carbocycles. The van der Waals surface area contributed by atoms with Gasteiger partial charge in [0.05, 0.1) is 5.56 Å². The lowest BCUT2D eigenvalue weighted by atomic mass is 10.1. The van der Waals surface area contributed by atoms with Crippen LogP contribution < -0.4 is 0 Å². The first kappa shape index (κ1) is 16.4. The Balaban J connectivity index is 2.48. The zero-order valence-electron chi connectivity index (χ0n) is 11.1. The van der Waals surface area contributed by atoms with Gasteiger partial charge < -0.3 is 9.47 Å². The van der Waals surface area contributed by atoms with Crippen LogP contribution >= 0.6 is 27.3 Å². The van der Waals surface area contributed by atoms with E-state index in [9.17, 15) is 13.2 Å². The highest BCUT2D eigenvalue weighted by atomic mass is 79.9. The van der Waals surface area contributed by atoms with Crippen molar-refractivity contribution in [3.05, 3.63) is 39.3 Å². The minimum Gasteiger partial charge on any atom is -0.350 e. The lowest BCUT2D eigenvalue weighted by molar-refractivity contribution is -0.137. The first-order chi connectivity index (χ1) is 9.86. The maximum Gasteiger partial charge on any atom is 0.417 e. The Morgan fingerprint density at radius 2 is 1.90 bits per heavy atom. The van der Waals surface area contributed by atoms with Crippen molar-refractivity contribution < 1.29 is 22.6 Å². The van der Waals surface area contributed by atoms with E-state index in [1.807, 2.05) is 0 Å². The Morgan fingerprint density at radius 3 is 2.48 bits per heavy atom. The average Bonchev–Trinajstić information content (AvgIpc) is 2.88. The molecule has 0 unspecified atom stereocenters. The minimum absolute atomic E-state index is 0.0351. The zero-order chi connectivity index (χ0) is 15.6. The number of hydrogen-bond acceptors (Lipinski definition) is 4. The van der Waals surface area contributed by atoms with Crippen molar-refractivity contribution in [3.8, 4) is 10.6 Å². The third-order valence-corrected chi connectivity index (χ3v) is 4.10. The van der Waals surface area contributed by atoms with Crippen molar-refractivity contribution in [3.63, 3.8) is 0 Å². The average molecular weight is 382 g/mol. The Morgan fingerprint density at radius 1 is 1.24 bits per heavy atom. The van der Waals surface area contributed by atoms with Gasteiger partial charge in [-0.25, -0.2) is 4.98 Å². The number of halogens is 4. The Hall–Kier alpha value is -0.960. The molecule has 0 amide bonds. The molecule has 1 aromatic carbocycles. The Labute approximate surface area is 131 Å². The molecule has 21 heavy (non-hydrogen) atoms. The molecule has 0 saturated heterocycles. The molecule has 0 atom stereocenters. The van der Waals surface area contributed by atoms with Gasteiger partial charge in [-0.15, -0.1) is 11.3 Å². The van der Waals surface area contributed by atoms with Crippen molar-refractivity contribution in [1.29, 1.82) is 0 Å². The topological polar surface area (TPSA) is 31.4 Å². The summed E-state index contributed by atoms with van der Waals surface area (Å²) in [5.74, 6) is 0. The molecule has 1 aromatic heterocycles. The summed E-state index contributed by atoms with van der Waals surface area (Å²) in [6, 6.07) is 3.99. The van der Waals surface area contributed by atoms with Gasteiger partial charge >= 0.3 is 6.18 Å². The van der Waals surface area contributed by atoms with E-state index in [1.54, 1.807) is 11.4 Å². The summed E-state index contributed by atoms with van der Waals surface area (Å²) < 4.78 is 49.8. The van der Waals surface area contributed by atoms with Crippen LogP contribution in [0.2, 0.25) is 0 Å². The number of nitrogens with zero attached hydrogens (tertiary/aromatic N) is 1. The molecule has 0 aliphatic heterocycles. The zero-order valence-corrected chi connectivity index (χ0v) is 13.5. The number of hydrogen-bond donors (Lipinski definition) is 0. The van der Waals surface area contributed by atoms with E-state index in [2.05, 4.69) is 20.9 Å². The molecule has 0 N–H and O–H groups in total. The third-order valence-electron chi connectivity index (χ3n) is 2.71. The predicted octanol–water partition coefficient (Wildman–Crippen LogP) is 4.88. The van der Waals surface area contributed by atoms with Gasteiger partial charge in [0.25, 0.3) is 0 Å². The third kappa shape index (κ3) is 3.63. The van der Waals surface area contributed by atoms with E-state index in [1.165, 1.54) is 20.3 Å². The monoisotopic (exact) mass is 381 g/mol. The Kier molecular flexibility index (Phi) is 5.03. The lowest BCUT2D eigenvalue weighted by Crippen LogP contribution is -2.07. The molecular formula is C13H11BrF3NO2S. The van der Waals surface area contributed by atoms with Crippen molar-refractivity contribution in [2.75, 3.05) is 14.2 Å². The van der Waals surface area contributed by atoms with Crippen LogP contribution in [0.3, 0.4) is 0 Å². The second kappa shape index (κ2) is 6.43. The van der Waals surface area contributed by atoms with Crippen molar-refractivity contribution >= 4 is 27.3 Å². The predicted molar refractivity (Wildman–Crippen MR) is 77.0 cm³/mol. The summed E-state index contributed by atoms with van der Waals surface area (Å²) in [6.45, 7) is 0. The van der Waals surface area contributed by atoms with E-state index in [-0.39, 0.29) is 10.6 Å². The van der Waals surface area contributed by atoms with Crippen molar-refractivity contribution in [1.82, 2.24) is 4.98 Å². The number of methoxy groups -OCH3 is 2. The fraction of sp³-hybridized carbons (Fsp3) is 0.308. The largest absolute Gasteiger partial charge is 0.417 e. The molecular weight excluding hydrogens is 371 g/mol. The first-order valence-electron chi connectivity index (χ1n) is 5.75. The Bertz CT molecular complexity index is 626. The van der Waals surface area contributed by atoms with Gasteiger partial charge in [-0.05, 0) is 12.1 Å². The SMILES string of the molecule is COC(OC)c1csc(-c2ccc(Br)cc2C(F)(F)F)n1. The van der Waals surface area contributed by atoms with Crippen LogP contribution in [0.25, 0.3) is 10.6 Å². The number of ether oxygens (including phenoxy) is 2. The molecule has 8 heteroatoms. The first-order valence-corrected chi connectivity index (χ1v) is 7.42. The maximum atomic E-state index is 13.1. The van der Waals surface area contributed by atoms with Gasteiger partial charge in [0.1, 0.15) is 10.7 Å². The van der Waals surface area contributed by atoms with Gasteiger partial charge in [-0.1, -0.05) is 22.0 Å². The summed E-state index contributed by atoms with van der Waals surface area (Å²) in [5.41, 5.74) is -0.256. The molecule has 1 heterocycles. The molecule has 3 nitrogen and oxygen atoms in total. The number of rotatable bonds is 4. The highest BCUT2D eigenvalue weighted by molar-refractivity contribution is 9.10. The van der Waals surface area contributed by atoms with E-state index in [4.69, 9.17) is 9.47 Å². The molecule has 0 spiro atoms. The second-order valence-electron chi connectivity index (χ2n) is 4.07. The molecule has 0 bridgehead atoms. The molecule has 0 aliphatic rings. The summed E-state index contributed by atoms with van der Waals surface area (Å²) in [6.07, 6.45) is -5.15. The fourth-order valence-corrected chi connectivity index (χ4v) is 3.01. The van der Waals surface area contributed by atoms with Crippen LogP contribution in [-0.4, -0.2) is 19.2 Å². The van der Waals surface area contributed by atoms with Crippen molar-refractivity contribution in [2.24, 2.45) is 0 Å². The van der Waals surface area contributed by atoms with Crippen LogP contribution in [0, 0.1) is 0 Å². The van der Waals surface area contributed by atoms with Crippen molar-refractivity contribution in [2.45, 2.75) is 12.5 Å². The molecule has 0 fully saturated rings. The summed E-state index contributed by atoms with van der Waals surface area (Å²) in [7, 11) is 2.88. The number of alkyl halides is 3. The number of benzene rings is 1. The van der Waals surface area contributed by atoms with E-state index in [0.29, 0.717) is 10.2 Å². The fourth-order valence-electron chi connectivity index (χ4n) is 1.79. The maximum absolute atomic E-state index is 13.1. The summed E-state index contributed by atoms with van der Waals surface area (Å²) >= 11 is 4.17. The smallest absolute Gasteiger partial charge is 0.350 e. The molecule has 114 valence electrons. The van der Waals surface area contributed by atoms with Gasteiger partial charge in [-0.2, -0.15) is 13.2 Å². The summed E-state index contributed by atoms with van der Waals surface area (Å²) in [4.78, 5) is 4.18. The minimum atomic E-state index is -4.45. The van der Waals surface area contributed by atoms with E-state index < -0.39 is 18.0 Å². The normalized spacial score (nSPS) is 12.1. The second-order valence-corrected chi connectivity index (χ2v) is 5.84. The highest BCUT2D eigenvalue weighted by Crippen LogP contribution is 2.40. The van der Waals surface area contributed by atoms with Crippen LogP contribution in [0.4, 0.5) is 13.2 Å². The van der Waals surface area contributed by atoms with Gasteiger partial charge in [0.2, 0.25) is 6.29 Å². The molecule has 0 radical (unpaired) electrons. The molecule has 0 saturated carbocycles. The van der Waals surface area contributed by atoms with Gasteiger partial charge in [0.15, 0.2) is 0 Å². The van der Waals surface area contributed by atoms with Gasteiger partial charge in [0, 0.05) is 29.6 Å². The van der Waals surface area contributed by atoms with Crippen LogP contribution in [0.1, 0.15) is 17.5 Å². The summed E-state index contributed by atoms with van der Waals surface area (Å²) in [5, 5.41) is 1.89. The number of aromatic nitrogens is 1. The lowest BCUT2D eigenvalue weighted by Gasteiger charge is -2.12. The van der Waals surface area contributed by atoms with E-state index >= 15 is 0 Å². The highest BCUT2D eigenvalue weighted by Gasteiger charge is 2.34. The van der Waals surface area contributed by atoms with Crippen LogP contribution in [0.5, 0.6) is 0 Å². The van der Waals surface area contributed by atoms with Crippen LogP contribution in [-0.2, 0) is 15.7 Å². The van der Waals surface area contributed by atoms with Crippen LogP contribution in [0.15, 0.2) is 28.1 Å². The quantitative estimate of drug-likeness (QED) is 0.707. The standard InChI is InChI=1S/C13H11BrF3NO2S/c1-19-12(20-2)10-6-21-11(18-10)8-4-3-7(14)5-9(8)13(15,16)17/h3-6,12H,1-2H3. The van der Waals surface area contributed by atoms with E-state index in [0.717, 1.165) is 17.4 Å². The molecule has 2 aromatic rings. The molecule has 2 rings (SSSR count). The number of thiazole rings is 1. The van der Waals surface area contributed by atoms with Gasteiger partial charge in [-0.3, -0.25) is 0 Å².